The van der Waals surface area contributed by atoms with Crippen LogP contribution in [0.4, 0.5) is 12.9 Å². The van der Waals surface area contributed by atoms with Gasteiger partial charge in [-0.15, -0.1) is 0 Å². The summed E-state index contributed by atoms with van der Waals surface area (Å²) in [6.07, 6.45) is 0. The fourth-order valence-electron chi connectivity index (χ4n) is 1.35. The molecule has 76 valence electrons. The smallest absolute Gasteiger partial charge is 0.489 e. The number of benzene rings is 1. The van der Waals surface area contributed by atoms with Gasteiger partial charge < -0.3 is 22.4 Å². The van der Waals surface area contributed by atoms with Gasteiger partial charge in [-0.3, -0.25) is 0 Å². The van der Waals surface area contributed by atoms with Crippen LogP contribution in [0, 0.1) is 0 Å². The molecule has 0 aliphatic carbocycles. The second kappa shape index (κ2) is 5.09. The molecule has 0 atom stereocenters. The summed E-state index contributed by atoms with van der Waals surface area (Å²) >= 11 is 0. The summed E-state index contributed by atoms with van der Waals surface area (Å²) in [7, 11) is 0. The van der Waals surface area contributed by atoms with Gasteiger partial charge in [0.1, 0.15) is 19.0 Å². The predicted molar refractivity (Wildman–Crippen MR) is 46.1 cm³/mol. The minimum Gasteiger partial charge on any atom is -0.489 e. The second-order valence-corrected chi connectivity index (χ2v) is 2.95. The van der Waals surface area contributed by atoms with Gasteiger partial charge in [-0.2, -0.15) is 0 Å². The van der Waals surface area contributed by atoms with Gasteiger partial charge >= 0.3 is 58.4 Å². The number of para-hydroxylation sites is 1. The number of ether oxygens (including phenoxy) is 2. The van der Waals surface area contributed by atoms with Gasteiger partial charge in [0.2, 0.25) is 0 Å². The molecular weight excluding hydrogens is 235 g/mol. The van der Waals surface area contributed by atoms with Crippen LogP contribution in [0.3, 0.4) is 0 Å². The molecule has 0 unspecified atom stereocenters. The summed E-state index contributed by atoms with van der Waals surface area (Å²) in [5.41, 5.74) is -0.720. The number of fused-ring (bicyclic) bond motifs is 1. The van der Waals surface area contributed by atoms with E-state index >= 15 is 0 Å². The fourth-order valence-corrected chi connectivity index (χ4v) is 1.35. The summed E-state index contributed by atoms with van der Waals surface area (Å²) in [4.78, 5) is 0. The van der Waals surface area contributed by atoms with E-state index in [4.69, 9.17) is 9.47 Å². The molecule has 0 fully saturated rings. The van der Waals surface area contributed by atoms with Crippen molar-refractivity contribution >= 4 is 12.4 Å². The first-order valence-electron chi connectivity index (χ1n) is 4.17. The molecule has 0 bridgehead atoms. The van der Waals surface area contributed by atoms with Crippen molar-refractivity contribution in [3.05, 3.63) is 18.2 Å². The van der Waals surface area contributed by atoms with E-state index in [-0.39, 0.29) is 69.5 Å². The fraction of sp³-hybridized carbons (Fsp3) is 0.250. The third-order valence-electron chi connectivity index (χ3n) is 1.95. The van der Waals surface area contributed by atoms with Crippen LogP contribution in [0.2, 0.25) is 0 Å². The van der Waals surface area contributed by atoms with Crippen LogP contribution in [-0.4, -0.2) is 20.2 Å². The Kier molecular flexibility index (Phi) is 4.54. The SMILES string of the molecule is F[B-](F)(F)c1cccc2c1OCCO2.[K+]. The predicted octanol–water partition coefficient (Wildman–Crippen LogP) is -1.48. The van der Waals surface area contributed by atoms with Crippen molar-refractivity contribution in [2.75, 3.05) is 13.2 Å². The quantitative estimate of drug-likeness (QED) is 0.559. The van der Waals surface area contributed by atoms with Crippen molar-refractivity contribution in [2.45, 2.75) is 0 Å². The Balaban J connectivity index is 0.00000112. The van der Waals surface area contributed by atoms with Crippen molar-refractivity contribution in [2.24, 2.45) is 0 Å². The molecule has 0 radical (unpaired) electrons. The standard InChI is InChI=1S/C8H7BF3O2.K/c10-9(11,12)6-2-1-3-7-8(6)14-5-4-13-7;/h1-3H,4-5H2;/q-1;+1. The Bertz CT molecular complexity index is 356. The normalized spacial score (nSPS) is 14.3. The van der Waals surface area contributed by atoms with Crippen LogP contribution in [0.5, 0.6) is 11.5 Å². The molecule has 0 saturated heterocycles. The maximum absolute atomic E-state index is 12.5. The summed E-state index contributed by atoms with van der Waals surface area (Å²) in [6.45, 7) is -4.58. The van der Waals surface area contributed by atoms with E-state index in [0.29, 0.717) is 6.61 Å². The van der Waals surface area contributed by atoms with Crippen LogP contribution in [0.15, 0.2) is 18.2 Å². The van der Waals surface area contributed by atoms with E-state index in [1.807, 2.05) is 0 Å². The summed E-state index contributed by atoms with van der Waals surface area (Å²) in [6, 6.07) is 3.80. The number of halogens is 3. The molecule has 7 heteroatoms. The van der Waals surface area contributed by atoms with E-state index in [9.17, 15) is 12.9 Å². The van der Waals surface area contributed by atoms with Crippen LogP contribution in [0.25, 0.3) is 0 Å². The Morgan fingerprint density at radius 1 is 1.07 bits per heavy atom. The topological polar surface area (TPSA) is 18.5 Å². The largest absolute Gasteiger partial charge is 1.00 e. The average molecular weight is 242 g/mol. The van der Waals surface area contributed by atoms with Crippen LogP contribution < -0.4 is 66.3 Å². The minimum atomic E-state index is -5.04. The van der Waals surface area contributed by atoms with E-state index in [1.54, 1.807) is 0 Å². The molecule has 1 aromatic carbocycles. The molecule has 0 N–H and O–H groups in total. The van der Waals surface area contributed by atoms with Crippen molar-refractivity contribution < 1.29 is 73.8 Å². The molecule has 1 aliphatic heterocycles. The van der Waals surface area contributed by atoms with Crippen molar-refractivity contribution in [1.82, 2.24) is 0 Å². The first-order valence-corrected chi connectivity index (χ1v) is 4.17. The van der Waals surface area contributed by atoms with Crippen molar-refractivity contribution in [1.29, 1.82) is 0 Å². The monoisotopic (exact) mass is 242 g/mol. The zero-order valence-electron chi connectivity index (χ0n) is 8.17. The molecule has 0 aromatic heterocycles. The molecule has 1 heterocycles. The van der Waals surface area contributed by atoms with Gasteiger partial charge in [-0.05, 0) is 6.07 Å². The maximum atomic E-state index is 12.5. The second-order valence-electron chi connectivity index (χ2n) is 2.95. The first kappa shape index (κ1) is 13.4. The minimum absolute atomic E-state index is 0. The van der Waals surface area contributed by atoms with Gasteiger partial charge in [0.15, 0.2) is 5.75 Å². The van der Waals surface area contributed by atoms with Gasteiger partial charge in [0.05, 0.1) is 0 Å². The Morgan fingerprint density at radius 3 is 2.40 bits per heavy atom. The molecule has 15 heavy (non-hydrogen) atoms. The van der Waals surface area contributed by atoms with E-state index in [1.165, 1.54) is 12.1 Å². The van der Waals surface area contributed by atoms with E-state index < -0.39 is 12.4 Å². The van der Waals surface area contributed by atoms with Crippen molar-refractivity contribution in [3.8, 4) is 11.5 Å². The van der Waals surface area contributed by atoms with Gasteiger partial charge in [0, 0.05) is 0 Å². The number of hydrogen-bond acceptors (Lipinski definition) is 2. The Hall–Kier alpha value is 0.311. The summed E-state index contributed by atoms with van der Waals surface area (Å²) in [5.74, 6) is -0.000741. The maximum Gasteiger partial charge on any atom is 1.00 e. The molecular formula is C8H7BF3KO2. The molecule has 0 spiro atoms. The van der Waals surface area contributed by atoms with Crippen LogP contribution in [-0.2, 0) is 0 Å². The van der Waals surface area contributed by atoms with E-state index in [0.717, 1.165) is 6.07 Å². The zero-order valence-corrected chi connectivity index (χ0v) is 11.3. The third kappa shape index (κ3) is 2.91. The van der Waals surface area contributed by atoms with Crippen molar-refractivity contribution in [3.63, 3.8) is 0 Å². The zero-order chi connectivity index (χ0) is 10.2. The summed E-state index contributed by atoms with van der Waals surface area (Å²) < 4.78 is 47.5. The molecule has 0 amide bonds. The molecule has 2 rings (SSSR count). The molecule has 2 nitrogen and oxygen atoms in total. The molecule has 0 saturated carbocycles. The first-order chi connectivity index (χ1) is 6.59. The van der Waals surface area contributed by atoms with Gasteiger partial charge in [-0.1, -0.05) is 17.6 Å². The Labute approximate surface area is 128 Å². The van der Waals surface area contributed by atoms with Crippen LogP contribution in [0.1, 0.15) is 0 Å². The van der Waals surface area contributed by atoms with Crippen LogP contribution >= 0.6 is 0 Å². The average Bonchev–Trinajstić information content (AvgIpc) is 2.15. The van der Waals surface area contributed by atoms with Gasteiger partial charge in [-0.25, -0.2) is 0 Å². The summed E-state index contributed by atoms with van der Waals surface area (Å²) in [5, 5.41) is 0. The van der Waals surface area contributed by atoms with E-state index in [2.05, 4.69) is 0 Å². The third-order valence-corrected chi connectivity index (χ3v) is 1.95. The molecule has 1 aliphatic rings. The molecule has 1 aromatic rings. The Morgan fingerprint density at radius 2 is 1.73 bits per heavy atom. The number of rotatable bonds is 1. The number of hydrogen-bond donors (Lipinski definition) is 0. The van der Waals surface area contributed by atoms with Gasteiger partial charge in [0.25, 0.3) is 0 Å².